The quantitative estimate of drug-likeness (QED) is 0.765. The fourth-order valence-corrected chi connectivity index (χ4v) is 3.14. The van der Waals surface area contributed by atoms with Crippen LogP contribution in [0.4, 0.5) is 0 Å². The molecular weight excluding hydrogens is 244 g/mol. The van der Waals surface area contributed by atoms with Gasteiger partial charge in [-0.05, 0) is 23.6 Å². The van der Waals surface area contributed by atoms with E-state index in [0.717, 1.165) is 16.8 Å². The van der Waals surface area contributed by atoms with Crippen LogP contribution < -0.4 is 5.56 Å². The number of aryl methyl sites for hydroxylation is 1. The maximum absolute atomic E-state index is 11.7. The van der Waals surface area contributed by atoms with Gasteiger partial charge in [-0.1, -0.05) is 31.2 Å². The fourth-order valence-electron chi connectivity index (χ4n) is 2.07. The van der Waals surface area contributed by atoms with E-state index in [9.17, 15) is 4.79 Å². The second-order valence-corrected chi connectivity index (χ2v) is 5.12. The predicted molar refractivity (Wildman–Crippen MR) is 75.1 cm³/mol. The Hall–Kier alpha value is -1.94. The highest BCUT2D eigenvalue weighted by Crippen LogP contribution is 2.32. The normalized spacial score (nSPS) is 10.9. The molecule has 0 bridgehead atoms. The number of aromatic nitrogens is 2. The van der Waals surface area contributed by atoms with Gasteiger partial charge in [-0.15, -0.1) is 11.3 Å². The molecular formula is C14H12N2OS. The molecule has 3 nitrogen and oxygen atoms in total. The molecule has 0 aliphatic rings. The second kappa shape index (κ2) is 4.38. The van der Waals surface area contributed by atoms with E-state index in [4.69, 9.17) is 0 Å². The Balaban J connectivity index is 2.26. The lowest BCUT2D eigenvalue weighted by Gasteiger charge is -2.03. The third-order valence-electron chi connectivity index (χ3n) is 2.98. The van der Waals surface area contributed by atoms with Crippen molar-refractivity contribution in [2.24, 2.45) is 0 Å². The SMILES string of the molecule is CCc1ccccc1-c1cc2nc[nH]c(=O)c2s1. The minimum atomic E-state index is -0.0646. The van der Waals surface area contributed by atoms with E-state index in [0.29, 0.717) is 4.70 Å². The molecule has 3 rings (SSSR count). The first-order valence-electron chi connectivity index (χ1n) is 5.85. The number of benzene rings is 1. The molecule has 0 unspecified atom stereocenters. The van der Waals surface area contributed by atoms with Crippen LogP contribution in [0.2, 0.25) is 0 Å². The zero-order valence-electron chi connectivity index (χ0n) is 9.93. The van der Waals surface area contributed by atoms with Crippen molar-refractivity contribution in [3.63, 3.8) is 0 Å². The topological polar surface area (TPSA) is 45.8 Å². The zero-order chi connectivity index (χ0) is 12.5. The minimum absolute atomic E-state index is 0.0646. The van der Waals surface area contributed by atoms with Crippen molar-refractivity contribution in [3.05, 3.63) is 52.6 Å². The number of nitrogens with one attached hydrogen (secondary N) is 1. The zero-order valence-corrected chi connectivity index (χ0v) is 10.8. The third-order valence-corrected chi connectivity index (χ3v) is 4.14. The smallest absolute Gasteiger partial charge is 0.268 e. The molecule has 4 heteroatoms. The average Bonchev–Trinajstić information content (AvgIpc) is 2.84. The fraction of sp³-hybridized carbons (Fsp3) is 0.143. The molecule has 0 atom stereocenters. The number of fused-ring (bicyclic) bond motifs is 1. The van der Waals surface area contributed by atoms with E-state index >= 15 is 0 Å². The first kappa shape index (κ1) is 11.2. The van der Waals surface area contributed by atoms with E-state index in [2.05, 4.69) is 29.0 Å². The van der Waals surface area contributed by atoms with Crippen LogP contribution in [0, 0.1) is 0 Å². The van der Waals surface area contributed by atoms with Crippen molar-refractivity contribution in [3.8, 4) is 10.4 Å². The number of hydrogen-bond acceptors (Lipinski definition) is 3. The van der Waals surface area contributed by atoms with E-state index < -0.39 is 0 Å². The van der Waals surface area contributed by atoms with Crippen molar-refractivity contribution in [2.45, 2.75) is 13.3 Å². The van der Waals surface area contributed by atoms with Crippen molar-refractivity contribution in [2.75, 3.05) is 0 Å². The molecule has 0 aliphatic heterocycles. The molecule has 1 aromatic carbocycles. The summed E-state index contributed by atoms with van der Waals surface area (Å²) in [5.41, 5.74) is 3.19. The number of thiophene rings is 1. The van der Waals surface area contributed by atoms with Crippen molar-refractivity contribution in [1.82, 2.24) is 9.97 Å². The van der Waals surface area contributed by atoms with Crippen molar-refractivity contribution >= 4 is 21.6 Å². The van der Waals surface area contributed by atoms with Crippen molar-refractivity contribution in [1.29, 1.82) is 0 Å². The maximum Gasteiger partial charge on any atom is 0.268 e. The molecule has 18 heavy (non-hydrogen) atoms. The van der Waals surface area contributed by atoms with E-state index in [1.165, 1.54) is 28.8 Å². The van der Waals surface area contributed by atoms with Crippen LogP contribution in [-0.2, 0) is 6.42 Å². The lowest BCUT2D eigenvalue weighted by Crippen LogP contribution is -2.02. The average molecular weight is 256 g/mol. The molecule has 0 saturated heterocycles. The second-order valence-electron chi connectivity index (χ2n) is 4.07. The largest absolute Gasteiger partial charge is 0.312 e. The molecule has 90 valence electrons. The van der Waals surface area contributed by atoms with Crippen LogP contribution in [0.25, 0.3) is 20.7 Å². The van der Waals surface area contributed by atoms with Gasteiger partial charge >= 0.3 is 0 Å². The number of rotatable bonds is 2. The molecule has 0 amide bonds. The van der Waals surface area contributed by atoms with Gasteiger partial charge in [-0.2, -0.15) is 0 Å². The molecule has 0 aliphatic carbocycles. The van der Waals surface area contributed by atoms with Gasteiger partial charge in [0, 0.05) is 4.88 Å². The highest BCUT2D eigenvalue weighted by atomic mass is 32.1. The van der Waals surface area contributed by atoms with Gasteiger partial charge in [0.2, 0.25) is 0 Å². The Morgan fingerprint density at radius 1 is 1.33 bits per heavy atom. The Bertz CT molecular complexity index is 758. The van der Waals surface area contributed by atoms with E-state index in [1.54, 1.807) is 0 Å². The van der Waals surface area contributed by atoms with E-state index in [-0.39, 0.29) is 5.56 Å². The highest BCUT2D eigenvalue weighted by Gasteiger charge is 2.10. The highest BCUT2D eigenvalue weighted by molar-refractivity contribution is 7.22. The Morgan fingerprint density at radius 2 is 2.17 bits per heavy atom. The lowest BCUT2D eigenvalue weighted by molar-refractivity contribution is 1.14. The van der Waals surface area contributed by atoms with E-state index in [1.807, 2.05) is 18.2 Å². The summed E-state index contributed by atoms with van der Waals surface area (Å²) in [6.45, 7) is 2.14. The summed E-state index contributed by atoms with van der Waals surface area (Å²) >= 11 is 1.50. The van der Waals surface area contributed by atoms with Crippen LogP contribution >= 0.6 is 11.3 Å². The summed E-state index contributed by atoms with van der Waals surface area (Å²) in [6.07, 6.45) is 2.43. The summed E-state index contributed by atoms with van der Waals surface area (Å²) in [4.78, 5) is 19.6. The number of nitrogens with zero attached hydrogens (tertiary/aromatic N) is 1. The van der Waals surface area contributed by atoms with Gasteiger partial charge in [0.05, 0.1) is 11.8 Å². The lowest BCUT2D eigenvalue weighted by atomic mass is 10.0. The van der Waals surface area contributed by atoms with Gasteiger partial charge in [0.1, 0.15) is 4.70 Å². The van der Waals surface area contributed by atoms with Crippen LogP contribution in [0.1, 0.15) is 12.5 Å². The molecule has 2 aromatic heterocycles. The molecule has 0 saturated carbocycles. The minimum Gasteiger partial charge on any atom is -0.312 e. The molecule has 0 spiro atoms. The van der Waals surface area contributed by atoms with Gasteiger partial charge in [0.25, 0.3) is 5.56 Å². The summed E-state index contributed by atoms with van der Waals surface area (Å²) in [5, 5.41) is 0. The first-order valence-corrected chi connectivity index (χ1v) is 6.66. The van der Waals surface area contributed by atoms with Gasteiger partial charge < -0.3 is 4.98 Å². The first-order chi connectivity index (χ1) is 8.79. The van der Waals surface area contributed by atoms with Crippen LogP contribution in [0.15, 0.2) is 41.5 Å². The number of hydrogen-bond donors (Lipinski definition) is 1. The third kappa shape index (κ3) is 1.75. The molecule has 0 fully saturated rings. The molecule has 0 radical (unpaired) electrons. The summed E-state index contributed by atoms with van der Waals surface area (Å²) in [7, 11) is 0. The summed E-state index contributed by atoms with van der Waals surface area (Å²) in [5.74, 6) is 0. The molecule has 1 N–H and O–H groups in total. The Kier molecular flexibility index (Phi) is 2.72. The standard InChI is InChI=1S/C14H12N2OS/c1-2-9-5-3-4-6-10(9)12-7-11-13(18-12)14(17)16-8-15-11/h3-8H,2H2,1H3,(H,15,16,17). The summed E-state index contributed by atoms with van der Waals surface area (Å²) in [6, 6.07) is 10.3. The Labute approximate surface area is 108 Å². The van der Waals surface area contributed by atoms with Gasteiger partial charge in [-0.25, -0.2) is 4.98 Å². The number of H-pyrrole nitrogens is 1. The molecule has 3 aromatic rings. The van der Waals surface area contributed by atoms with Crippen LogP contribution in [0.3, 0.4) is 0 Å². The predicted octanol–water partition coefficient (Wildman–Crippen LogP) is 3.21. The maximum atomic E-state index is 11.7. The van der Waals surface area contributed by atoms with Crippen molar-refractivity contribution < 1.29 is 0 Å². The summed E-state index contributed by atoms with van der Waals surface area (Å²) < 4.78 is 0.693. The molecule has 2 heterocycles. The van der Waals surface area contributed by atoms with Crippen LogP contribution in [0.5, 0.6) is 0 Å². The number of aromatic amines is 1. The van der Waals surface area contributed by atoms with Gasteiger partial charge in [-0.3, -0.25) is 4.79 Å². The monoisotopic (exact) mass is 256 g/mol. The van der Waals surface area contributed by atoms with Crippen LogP contribution in [-0.4, -0.2) is 9.97 Å². The van der Waals surface area contributed by atoms with Gasteiger partial charge in [0.15, 0.2) is 0 Å². The Morgan fingerprint density at radius 3 is 2.94 bits per heavy atom.